The first-order valence-electron chi connectivity index (χ1n) is 9.33. The Morgan fingerprint density at radius 1 is 0.615 bits per heavy atom. The molecule has 0 saturated carbocycles. The zero-order valence-corrected chi connectivity index (χ0v) is 15.8. The highest BCUT2D eigenvalue weighted by Gasteiger charge is 2.21. The Bertz CT molecular complexity index is 1120. The van der Waals surface area contributed by atoms with E-state index in [1.807, 2.05) is 0 Å². The quantitative estimate of drug-likeness (QED) is 0.406. The van der Waals surface area contributed by atoms with E-state index in [0.717, 1.165) is 35.3 Å². The Balaban J connectivity index is 1.85. The Labute approximate surface area is 153 Å². The van der Waals surface area contributed by atoms with Gasteiger partial charge in [-0.3, -0.25) is 0 Å². The van der Waals surface area contributed by atoms with E-state index < -0.39 is 0 Å². The molecule has 0 bridgehead atoms. The number of aromatic nitrogens is 2. The largest absolute Gasteiger partial charge is 0.246 e. The number of pyridine rings is 2. The zero-order chi connectivity index (χ0) is 18.0. The molecule has 0 fully saturated rings. The monoisotopic (exact) mass is 338 g/mol. The van der Waals surface area contributed by atoms with E-state index in [1.54, 1.807) is 0 Å². The van der Waals surface area contributed by atoms with Gasteiger partial charge < -0.3 is 0 Å². The van der Waals surface area contributed by atoms with Crippen LogP contribution in [0.4, 0.5) is 0 Å². The first-order chi connectivity index (χ1) is 12.5. The summed E-state index contributed by atoms with van der Waals surface area (Å²) in [5.41, 5.74) is 12.1. The third kappa shape index (κ3) is 2.11. The van der Waals surface area contributed by atoms with Crippen molar-refractivity contribution in [3.05, 3.63) is 69.8 Å². The average Bonchev–Trinajstić information content (AvgIpc) is 2.65. The van der Waals surface area contributed by atoms with Crippen molar-refractivity contribution in [1.29, 1.82) is 0 Å². The summed E-state index contributed by atoms with van der Waals surface area (Å²) in [6, 6.07) is 13.4. The molecule has 0 unspecified atom stereocenters. The van der Waals surface area contributed by atoms with Gasteiger partial charge in [0.1, 0.15) is 0 Å². The highest BCUT2D eigenvalue weighted by molar-refractivity contribution is 5.90. The number of benzene rings is 2. The highest BCUT2D eigenvalue weighted by atomic mass is 14.8. The van der Waals surface area contributed by atoms with Crippen LogP contribution in [-0.4, -0.2) is 9.97 Å². The summed E-state index contributed by atoms with van der Waals surface area (Å²) in [6.45, 7) is 8.65. The molecule has 2 heteroatoms. The third-order valence-corrected chi connectivity index (χ3v) is 6.07. The van der Waals surface area contributed by atoms with Gasteiger partial charge in [-0.25, -0.2) is 9.97 Å². The van der Waals surface area contributed by atoms with Gasteiger partial charge in [0, 0.05) is 10.8 Å². The van der Waals surface area contributed by atoms with Crippen molar-refractivity contribution in [3.63, 3.8) is 0 Å². The molecule has 4 aromatic rings. The minimum absolute atomic E-state index is 1.04. The molecule has 0 aliphatic heterocycles. The summed E-state index contributed by atoms with van der Waals surface area (Å²) in [5.74, 6) is 0. The third-order valence-electron chi connectivity index (χ3n) is 6.07. The SMILES string of the molecule is Cc1ccc2cc3c(nc2c1C)-c1nc2c(C)c(C)ccc2cc1CC3. The van der Waals surface area contributed by atoms with Crippen molar-refractivity contribution in [3.8, 4) is 11.4 Å². The summed E-state index contributed by atoms with van der Waals surface area (Å²) in [6.07, 6.45) is 2.08. The summed E-state index contributed by atoms with van der Waals surface area (Å²) in [7, 11) is 0. The van der Waals surface area contributed by atoms with Crippen LogP contribution in [-0.2, 0) is 12.8 Å². The van der Waals surface area contributed by atoms with E-state index >= 15 is 0 Å². The molecule has 2 aromatic heterocycles. The van der Waals surface area contributed by atoms with Gasteiger partial charge >= 0.3 is 0 Å². The van der Waals surface area contributed by atoms with Gasteiger partial charge in [0.15, 0.2) is 0 Å². The lowest BCUT2D eigenvalue weighted by Gasteiger charge is -2.21. The average molecular weight is 338 g/mol. The van der Waals surface area contributed by atoms with Crippen molar-refractivity contribution < 1.29 is 0 Å². The maximum Gasteiger partial charge on any atom is 0.0929 e. The van der Waals surface area contributed by atoms with E-state index in [2.05, 4.69) is 64.1 Å². The summed E-state index contributed by atoms with van der Waals surface area (Å²) < 4.78 is 0. The van der Waals surface area contributed by atoms with Crippen molar-refractivity contribution in [1.82, 2.24) is 9.97 Å². The van der Waals surface area contributed by atoms with Gasteiger partial charge in [-0.1, -0.05) is 24.3 Å². The van der Waals surface area contributed by atoms with Crippen LogP contribution in [0.1, 0.15) is 33.4 Å². The Kier molecular flexibility index (Phi) is 3.21. The highest BCUT2D eigenvalue weighted by Crippen LogP contribution is 2.36. The molecule has 2 nitrogen and oxygen atoms in total. The Morgan fingerprint density at radius 3 is 1.46 bits per heavy atom. The second kappa shape index (κ2) is 5.38. The van der Waals surface area contributed by atoms with Crippen LogP contribution in [0.3, 0.4) is 0 Å². The van der Waals surface area contributed by atoms with Gasteiger partial charge in [-0.2, -0.15) is 0 Å². The molecule has 0 amide bonds. The number of rotatable bonds is 0. The van der Waals surface area contributed by atoms with Crippen LogP contribution >= 0.6 is 0 Å². The minimum atomic E-state index is 1.04. The van der Waals surface area contributed by atoms with Crippen molar-refractivity contribution in [2.75, 3.05) is 0 Å². The van der Waals surface area contributed by atoms with Gasteiger partial charge in [0.25, 0.3) is 0 Å². The predicted molar refractivity (Wildman–Crippen MR) is 109 cm³/mol. The molecule has 2 aromatic carbocycles. The first-order valence-corrected chi connectivity index (χ1v) is 9.33. The molecule has 0 spiro atoms. The molecule has 0 saturated heterocycles. The molecule has 1 aliphatic rings. The summed E-state index contributed by atoms with van der Waals surface area (Å²) >= 11 is 0. The predicted octanol–water partition coefficient (Wildman–Crippen LogP) is 5.78. The normalized spacial score (nSPS) is 13.1. The fourth-order valence-electron chi connectivity index (χ4n) is 4.11. The van der Waals surface area contributed by atoms with Gasteiger partial charge in [-0.15, -0.1) is 0 Å². The Morgan fingerprint density at radius 2 is 1.04 bits per heavy atom. The molecule has 2 heterocycles. The number of nitrogens with zero attached hydrogens (tertiary/aromatic N) is 2. The van der Waals surface area contributed by atoms with Crippen LogP contribution < -0.4 is 0 Å². The number of hydrogen-bond acceptors (Lipinski definition) is 2. The molecule has 128 valence electrons. The van der Waals surface area contributed by atoms with Gasteiger partial charge in [0.2, 0.25) is 0 Å². The summed E-state index contributed by atoms with van der Waals surface area (Å²) in [5, 5.41) is 2.48. The van der Waals surface area contributed by atoms with Crippen LogP contribution in [0.15, 0.2) is 36.4 Å². The fourth-order valence-corrected chi connectivity index (χ4v) is 4.11. The zero-order valence-electron chi connectivity index (χ0n) is 15.8. The molecule has 1 aliphatic carbocycles. The lowest BCUT2D eigenvalue weighted by molar-refractivity contribution is 0.922. The van der Waals surface area contributed by atoms with Crippen LogP contribution in [0.5, 0.6) is 0 Å². The van der Waals surface area contributed by atoms with Crippen molar-refractivity contribution >= 4 is 21.8 Å². The van der Waals surface area contributed by atoms with Crippen molar-refractivity contribution in [2.45, 2.75) is 40.5 Å². The lowest BCUT2D eigenvalue weighted by atomic mass is 9.89. The number of hydrogen-bond donors (Lipinski definition) is 0. The maximum atomic E-state index is 5.11. The number of fused-ring (bicyclic) bond motifs is 5. The first kappa shape index (κ1) is 15.5. The fraction of sp³-hybridized carbons (Fsp3) is 0.250. The minimum Gasteiger partial charge on any atom is -0.246 e. The van der Waals surface area contributed by atoms with E-state index in [4.69, 9.17) is 9.97 Å². The van der Waals surface area contributed by atoms with Crippen molar-refractivity contribution in [2.24, 2.45) is 0 Å². The second-order valence-electron chi connectivity index (χ2n) is 7.65. The van der Waals surface area contributed by atoms with Gasteiger partial charge in [-0.05, 0) is 86.1 Å². The van der Waals surface area contributed by atoms with E-state index in [1.165, 1.54) is 44.2 Å². The van der Waals surface area contributed by atoms with Gasteiger partial charge in [0.05, 0.1) is 22.4 Å². The van der Waals surface area contributed by atoms with Crippen LogP contribution in [0.25, 0.3) is 33.2 Å². The second-order valence-corrected chi connectivity index (χ2v) is 7.65. The topological polar surface area (TPSA) is 25.8 Å². The molecular formula is C24H22N2. The van der Waals surface area contributed by atoms with E-state index in [9.17, 15) is 0 Å². The summed E-state index contributed by atoms with van der Waals surface area (Å²) in [4.78, 5) is 10.2. The lowest BCUT2D eigenvalue weighted by Crippen LogP contribution is -2.09. The van der Waals surface area contributed by atoms with E-state index in [-0.39, 0.29) is 0 Å². The smallest absolute Gasteiger partial charge is 0.0929 e. The van der Waals surface area contributed by atoms with Crippen LogP contribution in [0.2, 0.25) is 0 Å². The molecule has 0 N–H and O–H groups in total. The standard InChI is InChI=1S/C24H22N2/c1-13-5-7-17-11-19-9-10-20-12-18-8-6-14(2)16(4)22(18)26-24(20)23(19)25-21(17)15(13)3/h5-8,11-12H,9-10H2,1-4H3. The van der Waals surface area contributed by atoms with Crippen LogP contribution in [0, 0.1) is 27.7 Å². The molecule has 5 rings (SSSR count). The number of aryl methyl sites for hydroxylation is 6. The molecular weight excluding hydrogens is 316 g/mol. The van der Waals surface area contributed by atoms with E-state index in [0.29, 0.717) is 0 Å². The molecule has 26 heavy (non-hydrogen) atoms. The molecule has 0 atom stereocenters. The molecule has 0 radical (unpaired) electrons. The maximum absolute atomic E-state index is 5.11. The Hall–Kier alpha value is -2.74.